The van der Waals surface area contributed by atoms with Gasteiger partial charge in [0.25, 0.3) is 5.91 Å². The molecule has 1 fully saturated rings. The molecule has 1 aliphatic heterocycles. The summed E-state index contributed by atoms with van der Waals surface area (Å²) in [5.74, 6) is 1.20. The van der Waals surface area contributed by atoms with E-state index < -0.39 is 0 Å². The minimum atomic E-state index is -0.235. The number of benzene rings is 4. The van der Waals surface area contributed by atoms with Gasteiger partial charge in [-0.1, -0.05) is 78.5 Å². The summed E-state index contributed by atoms with van der Waals surface area (Å²) in [6.07, 6.45) is 1.90. The first-order valence-electron chi connectivity index (χ1n) is 11.5. The molecule has 1 unspecified atom stereocenters. The average Bonchev–Trinajstić information content (AvgIpc) is 3.21. The van der Waals surface area contributed by atoms with Gasteiger partial charge < -0.3 is 10.1 Å². The summed E-state index contributed by atoms with van der Waals surface area (Å²) in [4.78, 5) is 27.7. The van der Waals surface area contributed by atoms with Crippen molar-refractivity contribution in [1.29, 1.82) is 0 Å². The smallest absolute Gasteiger partial charge is 0.266 e. The van der Waals surface area contributed by atoms with E-state index in [4.69, 9.17) is 4.74 Å². The lowest BCUT2D eigenvalue weighted by Gasteiger charge is -2.24. The zero-order valence-electron chi connectivity index (χ0n) is 19.6. The first-order chi connectivity index (χ1) is 17.6. The SMILES string of the molecule is CC(=O)Nc1cccc(N2C(=O)/C(=C\c3cccc(Oc4ccccc4)c3)SC2c2ccccc2)c1. The van der Waals surface area contributed by atoms with Gasteiger partial charge in [0, 0.05) is 18.3 Å². The topological polar surface area (TPSA) is 58.6 Å². The molecule has 1 aliphatic rings. The van der Waals surface area contributed by atoms with Gasteiger partial charge in [-0.3, -0.25) is 14.5 Å². The van der Waals surface area contributed by atoms with Gasteiger partial charge >= 0.3 is 0 Å². The highest BCUT2D eigenvalue weighted by Crippen LogP contribution is 2.48. The summed E-state index contributed by atoms with van der Waals surface area (Å²) in [5.41, 5.74) is 3.26. The van der Waals surface area contributed by atoms with Crippen LogP contribution in [0.25, 0.3) is 6.08 Å². The van der Waals surface area contributed by atoms with Crippen LogP contribution in [0.3, 0.4) is 0 Å². The van der Waals surface area contributed by atoms with E-state index in [2.05, 4.69) is 5.32 Å². The van der Waals surface area contributed by atoms with Gasteiger partial charge in [-0.05, 0) is 59.7 Å². The van der Waals surface area contributed by atoms with E-state index in [0.29, 0.717) is 16.3 Å². The Morgan fingerprint density at radius 1 is 0.861 bits per heavy atom. The van der Waals surface area contributed by atoms with E-state index >= 15 is 0 Å². The third-order valence-corrected chi connectivity index (χ3v) is 6.82. The fraction of sp³-hybridized carbons (Fsp3) is 0.0667. The summed E-state index contributed by atoms with van der Waals surface area (Å²) >= 11 is 1.51. The van der Waals surface area contributed by atoms with Crippen LogP contribution in [0.1, 0.15) is 23.4 Å². The van der Waals surface area contributed by atoms with E-state index in [1.807, 2.05) is 115 Å². The fourth-order valence-corrected chi connectivity index (χ4v) is 5.27. The molecule has 5 nitrogen and oxygen atoms in total. The molecule has 1 heterocycles. The molecule has 0 spiro atoms. The lowest BCUT2D eigenvalue weighted by Crippen LogP contribution is -2.27. The Bertz CT molecular complexity index is 1420. The Hall–Kier alpha value is -4.29. The molecular formula is C30H24N2O3S. The second-order valence-electron chi connectivity index (χ2n) is 8.28. The Morgan fingerprint density at radius 2 is 1.56 bits per heavy atom. The zero-order valence-corrected chi connectivity index (χ0v) is 20.4. The summed E-state index contributed by atoms with van der Waals surface area (Å²) in [7, 11) is 0. The molecule has 1 atom stereocenters. The summed E-state index contributed by atoms with van der Waals surface area (Å²) < 4.78 is 5.97. The molecule has 178 valence electrons. The number of anilines is 2. The summed E-state index contributed by atoms with van der Waals surface area (Å²) in [5, 5.41) is 2.57. The van der Waals surface area contributed by atoms with Crippen LogP contribution >= 0.6 is 11.8 Å². The Labute approximate surface area is 214 Å². The van der Waals surface area contributed by atoms with Crippen LogP contribution in [0, 0.1) is 0 Å². The number of para-hydroxylation sites is 1. The molecule has 0 aliphatic carbocycles. The molecule has 1 N–H and O–H groups in total. The molecule has 36 heavy (non-hydrogen) atoms. The van der Waals surface area contributed by atoms with Gasteiger partial charge in [0.2, 0.25) is 5.91 Å². The Morgan fingerprint density at radius 3 is 2.31 bits per heavy atom. The molecule has 6 heteroatoms. The van der Waals surface area contributed by atoms with E-state index in [-0.39, 0.29) is 17.2 Å². The fourth-order valence-electron chi connectivity index (χ4n) is 4.01. The Kier molecular flexibility index (Phi) is 6.87. The minimum absolute atomic E-state index is 0.0943. The van der Waals surface area contributed by atoms with Crippen molar-refractivity contribution < 1.29 is 14.3 Å². The quantitative estimate of drug-likeness (QED) is 0.288. The van der Waals surface area contributed by atoms with Gasteiger partial charge in [-0.15, -0.1) is 0 Å². The number of nitrogens with one attached hydrogen (secondary N) is 1. The monoisotopic (exact) mass is 492 g/mol. The normalized spacial score (nSPS) is 16.2. The Balaban J connectivity index is 1.48. The lowest BCUT2D eigenvalue weighted by molar-refractivity contribution is -0.115. The van der Waals surface area contributed by atoms with Crippen molar-refractivity contribution in [2.24, 2.45) is 0 Å². The number of ether oxygens (including phenoxy) is 1. The highest BCUT2D eigenvalue weighted by atomic mass is 32.2. The molecule has 0 aromatic heterocycles. The molecule has 0 radical (unpaired) electrons. The van der Waals surface area contributed by atoms with Crippen molar-refractivity contribution in [2.75, 3.05) is 10.2 Å². The molecular weight excluding hydrogens is 468 g/mol. The van der Waals surface area contributed by atoms with Crippen LogP contribution in [0.15, 0.2) is 114 Å². The van der Waals surface area contributed by atoms with Crippen molar-refractivity contribution in [1.82, 2.24) is 0 Å². The third kappa shape index (κ3) is 5.34. The highest BCUT2D eigenvalue weighted by Gasteiger charge is 2.38. The second kappa shape index (κ2) is 10.5. The van der Waals surface area contributed by atoms with E-state index in [1.165, 1.54) is 18.7 Å². The molecule has 0 saturated carbocycles. The van der Waals surface area contributed by atoms with Crippen LogP contribution in [-0.2, 0) is 9.59 Å². The first kappa shape index (κ1) is 23.5. The van der Waals surface area contributed by atoms with Crippen LogP contribution in [0.5, 0.6) is 11.5 Å². The predicted molar refractivity (Wildman–Crippen MR) is 146 cm³/mol. The van der Waals surface area contributed by atoms with Gasteiger partial charge in [-0.25, -0.2) is 0 Å². The van der Waals surface area contributed by atoms with Crippen LogP contribution < -0.4 is 15.0 Å². The van der Waals surface area contributed by atoms with Crippen molar-refractivity contribution in [3.63, 3.8) is 0 Å². The molecule has 4 aromatic carbocycles. The highest BCUT2D eigenvalue weighted by molar-refractivity contribution is 8.05. The number of carbonyl (C=O) groups is 2. The molecule has 1 saturated heterocycles. The van der Waals surface area contributed by atoms with Crippen molar-refractivity contribution in [3.8, 4) is 11.5 Å². The van der Waals surface area contributed by atoms with Crippen molar-refractivity contribution in [3.05, 3.63) is 125 Å². The first-order valence-corrected chi connectivity index (χ1v) is 12.4. The lowest BCUT2D eigenvalue weighted by atomic mass is 10.1. The number of hydrogen-bond donors (Lipinski definition) is 1. The van der Waals surface area contributed by atoms with Gasteiger partial charge in [0.1, 0.15) is 16.9 Å². The number of nitrogens with zero attached hydrogens (tertiary/aromatic N) is 1. The van der Waals surface area contributed by atoms with Crippen molar-refractivity contribution in [2.45, 2.75) is 12.3 Å². The molecule has 0 bridgehead atoms. The minimum Gasteiger partial charge on any atom is -0.457 e. The maximum atomic E-state index is 13.7. The number of amides is 2. The predicted octanol–water partition coefficient (Wildman–Crippen LogP) is 7.26. The molecule has 5 rings (SSSR count). The number of thioether (sulfide) groups is 1. The largest absolute Gasteiger partial charge is 0.457 e. The third-order valence-electron chi connectivity index (χ3n) is 5.57. The van der Waals surface area contributed by atoms with E-state index in [1.54, 1.807) is 4.90 Å². The van der Waals surface area contributed by atoms with Gasteiger partial charge in [0.15, 0.2) is 0 Å². The van der Waals surface area contributed by atoms with Crippen LogP contribution in [0.2, 0.25) is 0 Å². The van der Waals surface area contributed by atoms with Crippen LogP contribution in [0.4, 0.5) is 11.4 Å². The summed E-state index contributed by atoms with van der Waals surface area (Å²) in [6, 6.07) is 34.6. The average molecular weight is 493 g/mol. The van der Waals surface area contributed by atoms with E-state index in [9.17, 15) is 9.59 Å². The zero-order chi connectivity index (χ0) is 24.9. The van der Waals surface area contributed by atoms with Gasteiger partial charge in [-0.2, -0.15) is 0 Å². The number of rotatable bonds is 6. The van der Waals surface area contributed by atoms with Crippen LogP contribution in [-0.4, -0.2) is 11.8 Å². The van der Waals surface area contributed by atoms with Crippen molar-refractivity contribution >= 4 is 41.0 Å². The molecule has 4 aromatic rings. The summed E-state index contributed by atoms with van der Waals surface area (Å²) in [6.45, 7) is 1.47. The number of carbonyl (C=O) groups excluding carboxylic acids is 2. The van der Waals surface area contributed by atoms with Gasteiger partial charge in [0.05, 0.1) is 4.91 Å². The number of hydrogen-bond acceptors (Lipinski definition) is 4. The molecule has 2 amide bonds. The second-order valence-corrected chi connectivity index (χ2v) is 9.41. The maximum absolute atomic E-state index is 13.7. The van der Waals surface area contributed by atoms with E-state index in [0.717, 1.165) is 22.6 Å². The standard InChI is InChI=1S/C30H24N2O3S/c1-21(33)31-24-13-9-14-25(20-24)32-29(34)28(36-30(32)23-11-4-2-5-12-23)19-22-10-8-17-27(18-22)35-26-15-6-3-7-16-26/h2-20,30H,1H3,(H,31,33)/b28-19+. The maximum Gasteiger partial charge on any atom is 0.266 e.